The minimum absolute atomic E-state index is 0.183. The summed E-state index contributed by atoms with van der Waals surface area (Å²) in [6.07, 6.45) is 3.05. The Hall–Kier alpha value is -2.30. The van der Waals surface area contributed by atoms with Crippen molar-refractivity contribution in [3.8, 4) is 5.75 Å². The molecule has 1 aromatic carbocycles. The van der Waals surface area contributed by atoms with E-state index in [4.69, 9.17) is 9.47 Å². The van der Waals surface area contributed by atoms with E-state index >= 15 is 0 Å². The normalized spacial score (nSPS) is 24.0. The lowest BCUT2D eigenvalue weighted by molar-refractivity contribution is 0.0960. The monoisotopic (exact) mass is 422 g/mol. The fourth-order valence-corrected chi connectivity index (χ4v) is 5.68. The van der Waals surface area contributed by atoms with Crippen LogP contribution in [0.3, 0.4) is 0 Å². The number of hydrogen-bond donors (Lipinski definition) is 0. The fraction of sp³-hybridized carbons (Fsp3) is 0.474. The molecule has 2 aliphatic heterocycles. The molecule has 1 aromatic heterocycles. The average molecular weight is 422 g/mol. The van der Waals surface area contributed by atoms with Crippen LogP contribution in [0.5, 0.6) is 5.75 Å². The molecule has 1 fully saturated rings. The molecule has 0 amide bonds. The second kappa shape index (κ2) is 8.21. The summed E-state index contributed by atoms with van der Waals surface area (Å²) < 4.78 is 52.8. The van der Waals surface area contributed by atoms with Gasteiger partial charge in [0.05, 0.1) is 25.0 Å². The molecule has 3 heterocycles. The first kappa shape index (κ1) is 20.0. The van der Waals surface area contributed by atoms with E-state index in [9.17, 15) is 12.8 Å². The predicted molar refractivity (Wildman–Crippen MR) is 104 cm³/mol. The summed E-state index contributed by atoms with van der Waals surface area (Å²) in [5.74, 6) is 0.300. The number of fused-ring (bicyclic) bond motifs is 2. The van der Waals surface area contributed by atoms with Crippen molar-refractivity contribution in [2.24, 2.45) is 0 Å². The third kappa shape index (κ3) is 3.92. The topological polar surface area (TPSA) is 84.9 Å². The summed E-state index contributed by atoms with van der Waals surface area (Å²) >= 11 is 0. The molecule has 8 nitrogen and oxygen atoms in total. The largest absolute Gasteiger partial charge is 0.487 e. The van der Waals surface area contributed by atoms with Gasteiger partial charge in [0.2, 0.25) is 16.0 Å². The summed E-state index contributed by atoms with van der Waals surface area (Å²) in [6.45, 7) is 1.64. The maximum absolute atomic E-state index is 13.4. The van der Waals surface area contributed by atoms with Gasteiger partial charge in [-0.05, 0) is 18.6 Å². The Balaban J connectivity index is 1.67. The maximum Gasteiger partial charge on any atom is 0.247 e. The first-order chi connectivity index (χ1) is 14.0. The van der Waals surface area contributed by atoms with Gasteiger partial charge in [0.25, 0.3) is 0 Å². The highest BCUT2D eigenvalue weighted by molar-refractivity contribution is 7.89. The molecule has 4 rings (SSSR count). The highest BCUT2D eigenvalue weighted by atomic mass is 32.2. The van der Waals surface area contributed by atoms with Gasteiger partial charge in [-0.15, -0.1) is 0 Å². The van der Waals surface area contributed by atoms with Crippen molar-refractivity contribution in [2.75, 3.05) is 38.3 Å². The van der Waals surface area contributed by atoms with Crippen molar-refractivity contribution in [1.82, 2.24) is 14.3 Å². The van der Waals surface area contributed by atoms with Crippen LogP contribution >= 0.6 is 0 Å². The number of methoxy groups -OCH3 is 1. The SMILES string of the molecule is COCCN1[C@@H]2CCN(c3ncc(F)cn3)CC[C@H]2Oc2ccccc2S1(=O)=O. The number of sulfonamides is 1. The minimum Gasteiger partial charge on any atom is -0.487 e. The van der Waals surface area contributed by atoms with Crippen molar-refractivity contribution in [3.63, 3.8) is 0 Å². The van der Waals surface area contributed by atoms with E-state index in [1.807, 2.05) is 4.90 Å². The number of ether oxygens (including phenoxy) is 2. The highest BCUT2D eigenvalue weighted by Crippen LogP contribution is 2.36. The molecule has 0 saturated carbocycles. The fourth-order valence-electron chi connectivity index (χ4n) is 3.89. The van der Waals surface area contributed by atoms with Crippen molar-refractivity contribution < 1.29 is 22.3 Å². The van der Waals surface area contributed by atoms with Crippen LogP contribution in [0.1, 0.15) is 12.8 Å². The summed E-state index contributed by atoms with van der Waals surface area (Å²) in [4.78, 5) is 10.2. The Morgan fingerprint density at radius 1 is 1.21 bits per heavy atom. The molecule has 0 aliphatic carbocycles. The second-order valence-electron chi connectivity index (χ2n) is 7.04. The van der Waals surface area contributed by atoms with E-state index < -0.39 is 15.8 Å². The van der Waals surface area contributed by atoms with Crippen molar-refractivity contribution in [3.05, 3.63) is 42.5 Å². The minimum atomic E-state index is -3.74. The Morgan fingerprint density at radius 2 is 1.93 bits per heavy atom. The van der Waals surface area contributed by atoms with Crippen molar-refractivity contribution in [1.29, 1.82) is 0 Å². The molecule has 156 valence electrons. The third-order valence-corrected chi connectivity index (χ3v) is 7.26. The van der Waals surface area contributed by atoms with Gasteiger partial charge in [-0.3, -0.25) is 0 Å². The lowest BCUT2D eigenvalue weighted by Crippen LogP contribution is -2.48. The molecule has 0 spiro atoms. The van der Waals surface area contributed by atoms with E-state index in [1.54, 1.807) is 31.4 Å². The zero-order valence-electron chi connectivity index (χ0n) is 16.1. The Bertz CT molecular complexity index is 957. The van der Waals surface area contributed by atoms with E-state index in [-0.39, 0.29) is 30.2 Å². The predicted octanol–water partition coefficient (Wildman–Crippen LogP) is 1.68. The second-order valence-corrected chi connectivity index (χ2v) is 8.90. The van der Waals surface area contributed by atoms with Crippen LogP contribution in [-0.2, 0) is 14.8 Å². The van der Waals surface area contributed by atoms with Crippen LogP contribution in [0.25, 0.3) is 0 Å². The number of rotatable bonds is 4. The van der Waals surface area contributed by atoms with Gasteiger partial charge in [0.1, 0.15) is 16.7 Å². The van der Waals surface area contributed by atoms with Crippen LogP contribution in [-0.4, -0.2) is 68.2 Å². The van der Waals surface area contributed by atoms with Crippen LogP contribution in [0.15, 0.2) is 41.6 Å². The van der Waals surface area contributed by atoms with Gasteiger partial charge in [0.15, 0.2) is 5.82 Å². The lowest BCUT2D eigenvalue weighted by Gasteiger charge is -2.31. The van der Waals surface area contributed by atoms with E-state index in [0.717, 1.165) is 12.4 Å². The smallest absolute Gasteiger partial charge is 0.247 e. The maximum atomic E-state index is 13.4. The number of nitrogens with zero attached hydrogens (tertiary/aromatic N) is 4. The molecule has 2 aliphatic rings. The summed E-state index contributed by atoms with van der Waals surface area (Å²) in [5, 5.41) is 0. The van der Waals surface area contributed by atoms with Gasteiger partial charge < -0.3 is 14.4 Å². The number of hydrogen-bond acceptors (Lipinski definition) is 7. The molecular formula is C19H23FN4O4S. The molecule has 0 unspecified atom stereocenters. The molecule has 29 heavy (non-hydrogen) atoms. The van der Waals surface area contributed by atoms with Crippen LogP contribution in [0.4, 0.5) is 10.3 Å². The van der Waals surface area contributed by atoms with Gasteiger partial charge in [-0.1, -0.05) is 12.1 Å². The molecule has 1 saturated heterocycles. The molecule has 0 N–H and O–H groups in total. The Morgan fingerprint density at radius 3 is 2.69 bits per heavy atom. The number of para-hydroxylation sites is 1. The Labute approximate surface area is 169 Å². The molecule has 10 heteroatoms. The molecule has 0 bridgehead atoms. The molecule has 0 radical (unpaired) electrons. The first-order valence-electron chi connectivity index (χ1n) is 9.49. The molecular weight excluding hydrogens is 399 g/mol. The Kier molecular flexibility index (Phi) is 5.66. The summed E-state index contributed by atoms with van der Waals surface area (Å²) in [6, 6.07) is 6.38. The number of aromatic nitrogens is 2. The van der Waals surface area contributed by atoms with Crippen LogP contribution in [0, 0.1) is 5.82 Å². The zero-order valence-corrected chi connectivity index (χ0v) is 16.9. The summed E-state index contributed by atoms with van der Waals surface area (Å²) in [7, 11) is -2.19. The lowest BCUT2D eigenvalue weighted by atomic mass is 10.1. The number of anilines is 1. The molecule has 2 aromatic rings. The summed E-state index contributed by atoms with van der Waals surface area (Å²) in [5.41, 5.74) is 0. The van der Waals surface area contributed by atoms with Crippen molar-refractivity contribution >= 4 is 16.0 Å². The molecule has 2 atom stereocenters. The zero-order chi connectivity index (χ0) is 20.4. The van der Waals surface area contributed by atoms with Crippen LogP contribution < -0.4 is 9.64 Å². The standard InChI is InChI=1S/C19H23FN4O4S/c1-27-11-10-24-15-6-8-23(19-21-12-14(20)13-22-19)9-7-16(15)28-17-4-2-3-5-18(17)29(24,25)26/h2-5,12-13,15-16H,6-11H2,1H3/t15-,16-/m1/s1. The highest BCUT2D eigenvalue weighted by Gasteiger charge is 2.43. The van der Waals surface area contributed by atoms with Crippen molar-refractivity contribution in [2.45, 2.75) is 29.9 Å². The van der Waals surface area contributed by atoms with Gasteiger partial charge in [-0.25, -0.2) is 22.8 Å². The average Bonchev–Trinajstić information content (AvgIpc) is 2.96. The number of halogens is 1. The van der Waals surface area contributed by atoms with Gasteiger partial charge in [-0.2, -0.15) is 4.31 Å². The van der Waals surface area contributed by atoms with Crippen LogP contribution in [0.2, 0.25) is 0 Å². The van der Waals surface area contributed by atoms with E-state index in [0.29, 0.717) is 37.6 Å². The quantitative estimate of drug-likeness (QED) is 0.741. The third-order valence-electron chi connectivity index (χ3n) is 5.30. The first-order valence-corrected chi connectivity index (χ1v) is 10.9. The number of benzene rings is 1. The van der Waals surface area contributed by atoms with E-state index in [1.165, 1.54) is 4.31 Å². The van der Waals surface area contributed by atoms with Gasteiger partial charge >= 0.3 is 0 Å². The van der Waals surface area contributed by atoms with E-state index in [2.05, 4.69) is 9.97 Å². The van der Waals surface area contributed by atoms with Gasteiger partial charge in [0, 0.05) is 33.2 Å².